The van der Waals surface area contributed by atoms with Crippen LogP contribution < -0.4 is 8.31 Å². The van der Waals surface area contributed by atoms with Gasteiger partial charge in [0.2, 0.25) is 0 Å². The van der Waals surface area contributed by atoms with Gasteiger partial charge in [0.1, 0.15) is 11.0 Å². The van der Waals surface area contributed by atoms with Crippen molar-refractivity contribution in [3.63, 3.8) is 0 Å². The number of hydrogen-bond acceptors (Lipinski definition) is 5. The van der Waals surface area contributed by atoms with Crippen LogP contribution in [0.2, 0.25) is 0 Å². The molecule has 1 aliphatic heterocycles. The van der Waals surface area contributed by atoms with Gasteiger partial charge in [0.05, 0.1) is 0 Å². The quantitative estimate of drug-likeness (QED) is 0.699. The van der Waals surface area contributed by atoms with E-state index in [9.17, 15) is 30.0 Å². The van der Waals surface area contributed by atoms with Gasteiger partial charge in [-0.1, -0.05) is 22.3 Å². The lowest BCUT2D eigenvalue weighted by Crippen LogP contribution is -2.42. The molecule has 1 aliphatic rings. The van der Waals surface area contributed by atoms with Crippen LogP contribution in [-0.4, -0.2) is 33.3 Å². The predicted molar refractivity (Wildman–Crippen MR) is 101 cm³/mol. The van der Waals surface area contributed by atoms with E-state index in [1.165, 1.54) is 6.07 Å². The summed E-state index contributed by atoms with van der Waals surface area (Å²) in [6.45, 7) is 2.14. The lowest BCUT2D eigenvalue weighted by atomic mass is 10.1. The first-order valence-corrected chi connectivity index (χ1v) is 12.5. The van der Waals surface area contributed by atoms with Crippen molar-refractivity contribution in [3.05, 3.63) is 36.4 Å². The van der Waals surface area contributed by atoms with Gasteiger partial charge in [0, 0.05) is 21.7 Å². The van der Waals surface area contributed by atoms with Gasteiger partial charge >= 0.3 is 25.8 Å². The van der Waals surface area contributed by atoms with E-state index >= 15 is 0 Å². The summed E-state index contributed by atoms with van der Waals surface area (Å²) >= 11 is 0. The van der Waals surface area contributed by atoms with Gasteiger partial charge in [-0.25, -0.2) is 8.42 Å². The number of rotatable bonds is 5. The smallest absolute Gasteiger partial charge is 0.370 e. The van der Waals surface area contributed by atoms with Gasteiger partial charge in [0.15, 0.2) is 10.6 Å². The molecule has 0 spiro atoms. The fourth-order valence-electron chi connectivity index (χ4n) is 3.06. The molecule has 1 fully saturated rings. The first-order valence-electron chi connectivity index (χ1n) is 8.17. The summed E-state index contributed by atoms with van der Waals surface area (Å²) in [6, 6.07) is 9.78. The molecule has 12 heteroatoms. The fourth-order valence-corrected chi connectivity index (χ4v) is 7.72. The minimum atomic E-state index is -6.12. The Kier molecular flexibility index (Phi) is 5.60. The number of benzene rings is 2. The highest BCUT2D eigenvalue weighted by molar-refractivity contribution is 8.03. The SMILES string of the molecule is CC1CCC[S+]1c1ccc(OS(=O)(=O)NS(=O)(=O)C(F)(F)F)c2ccccc12. The number of hydrogen-bond donors (Lipinski definition) is 1. The molecule has 0 radical (unpaired) electrons. The van der Waals surface area contributed by atoms with E-state index in [0.717, 1.165) is 28.9 Å². The van der Waals surface area contributed by atoms with Gasteiger partial charge in [-0.3, -0.25) is 0 Å². The maximum atomic E-state index is 12.4. The Labute approximate surface area is 163 Å². The standard InChI is InChI=1S/C16H17F3NO5S3/c1-11-5-4-10-26(11)15-9-8-14(12-6-2-3-7-13(12)15)25-28(23,24)20-27(21,22)16(17,18)19/h2-3,6-9,11,20H,4-5,10H2,1H3/q+1. The van der Waals surface area contributed by atoms with Crippen LogP contribution in [0.1, 0.15) is 19.8 Å². The molecule has 6 nitrogen and oxygen atoms in total. The highest BCUT2D eigenvalue weighted by atomic mass is 32.3. The normalized spacial score (nSPS) is 21.1. The molecule has 2 unspecified atom stereocenters. The minimum Gasteiger partial charge on any atom is -0.370 e. The lowest BCUT2D eigenvalue weighted by Gasteiger charge is -2.14. The van der Waals surface area contributed by atoms with Gasteiger partial charge in [-0.2, -0.15) is 21.6 Å². The van der Waals surface area contributed by atoms with E-state index in [4.69, 9.17) is 0 Å². The second kappa shape index (κ2) is 7.39. The Balaban J connectivity index is 1.99. The number of halogens is 3. The molecule has 3 rings (SSSR count). The summed E-state index contributed by atoms with van der Waals surface area (Å²) in [6.07, 6.45) is 2.17. The van der Waals surface area contributed by atoms with Crippen LogP contribution >= 0.6 is 0 Å². The molecule has 0 aromatic heterocycles. The summed E-state index contributed by atoms with van der Waals surface area (Å²) in [5, 5.41) is 1.57. The molecule has 0 bridgehead atoms. The Morgan fingerprint density at radius 2 is 1.71 bits per heavy atom. The second-order valence-corrected chi connectivity index (χ2v) is 12.0. The van der Waals surface area contributed by atoms with E-state index in [1.807, 2.05) is 0 Å². The summed E-state index contributed by atoms with van der Waals surface area (Å²) in [5.41, 5.74) is -5.78. The van der Waals surface area contributed by atoms with Gasteiger partial charge < -0.3 is 4.18 Å². The highest BCUT2D eigenvalue weighted by Gasteiger charge is 2.49. The first kappa shape index (κ1) is 21.2. The number of nitrogens with one attached hydrogen (secondary N) is 1. The Morgan fingerprint density at radius 1 is 1.07 bits per heavy atom. The molecule has 154 valence electrons. The van der Waals surface area contributed by atoms with E-state index in [-0.39, 0.29) is 16.6 Å². The lowest BCUT2D eigenvalue weighted by molar-refractivity contribution is -0.0442. The minimum absolute atomic E-state index is 0.0343. The van der Waals surface area contributed by atoms with Crippen molar-refractivity contribution >= 4 is 42.0 Å². The Morgan fingerprint density at radius 3 is 2.29 bits per heavy atom. The average molecular weight is 457 g/mol. The summed E-state index contributed by atoms with van der Waals surface area (Å²) in [7, 11) is -11.4. The highest BCUT2D eigenvalue weighted by Crippen LogP contribution is 2.37. The van der Waals surface area contributed by atoms with Crippen LogP contribution in [0, 0.1) is 0 Å². The van der Waals surface area contributed by atoms with Crippen molar-refractivity contribution in [2.24, 2.45) is 0 Å². The van der Waals surface area contributed by atoms with Gasteiger partial charge in [-0.05, 0) is 38.0 Å². The largest absolute Gasteiger partial charge is 0.512 e. The molecule has 1 heterocycles. The molecule has 0 aliphatic carbocycles. The predicted octanol–water partition coefficient (Wildman–Crippen LogP) is 3.06. The molecule has 2 atom stereocenters. The van der Waals surface area contributed by atoms with Crippen molar-refractivity contribution in [1.29, 1.82) is 0 Å². The monoisotopic (exact) mass is 456 g/mol. The van der Waals surface area contributed by atoms with Crippen molar-refractivity contribution in [1.82, 2.24) is 4.13 Å². The molecule has 0 amide bonds. The van der Waals surface area contributed by atoms with Crippen molar-refractivity contribution in [2.45, 2.75) is 35.4 Å². The molecule has 28 heavy (non-hydrogen) atoms. The maximum absolute atomic E-state index is 12.4. The molecule has 0 saturated carbocycles. The third-order valence-corrected chi connectivity index (χ3v) is 9.86. The van der Waals surface area contributed by atoms with Crippen LogP contribution in [0.3, 0.4) is 0 Å². The van der Waals surface area contributed by atoms with E-state index in [1.54, 1.807) is 30.3 Å². The average Bonchev–Trinajstić information content (AvgIpc) is 2.99. The zero-order valence-electron chi connectivity index (χ0n) is 14.6. The first-order chi connectivity index (χ1) is 12.9. The topological polar surface area (TPSA) is 89.5 Å². The zero-order valence-corrected chi connectivity index (χ0v) is 17.0. The van der Waals surface area contributed by atoms with Gasteiger partial charge in [0.25, 0.3) is 0 Å². The van der Waals surface area contributed by atoms with Crippen LogP contribution in [0.25, 0.3) is 10.8 Å². The second-order valence-electron chi connectivity index (χ2n) is 6.26. The summed E-state index contributed by atoms with van der Waals surface area (Å²) in [5.74, 6) is 0.759. The van der Waals surface area contributed by atoms with Crippen LogP contribution in [0.5, 0.6) is 5.75 Å². The molecular weight excluding hydrogens is 439 g/mol. The molecule has 2 aromatic rings. The van der Waals surface area contributed by atoms with E-state index in [0.29, 0.717) is 14.8 Å². The molecule has 1 N–H and O–H groups in total. The summed E-state index contributed by atoms with van der Waals surface area (Å²) in [4.78, 5) is 1.03. The third-order valence-electron chi connectivity index (χ3n) is 4.30. The zero-order chi connectivity index (χ0) is 20.7. The van der Waals surface area contributed by atoms with E-state index < -0.39 is 25.8 Å². The third kappa shape index (κ3) is 4.24. The number of alkyl halides is 3. The number of fused-ring (bicyclic) bond motifs is 1. The molecular formula is C16H17F3NO5S3+. The van der Waals surface area contributed by atoms with E-state index in [2.05, 4.69) is 11.1 Å². The van der Waals surface area contributed by atoms with Crippen molar-refractivity contribution < 1.29 is 34.2 Å². The van der Waals surface area contributed by atoms with Crippen LogP contribution in [0.4, 0.5) is 13.2 Å². The Hall–Kier alpha value is -1.50. The van der Waals surface area contributed by atoms with Crippen molar-refractivity contribution in [3.8, 4) is 5.75 Å². The summed E-state index contributed by atoms with van der Waals surface area (Å²) < 4.78 is 88.5. The van der Waals surface area contributed by atoms with Crippen LogP contribution in [-0.2, 0) is 31.2 Å². The van der Waals surface area contributed by atoms with Crippen molar-refractivity contribution in [2.75, 3.05) is 5.75 Å². The fraction of sp³-hybridized carbons (Fsp3) is 0.375. The Bertz CT molecular complexity index is 1100. The molecule has 2 aromatic carbocycles. The number of sulfonamides is 1. The maximum Gasteiger partial charge on any atom is 0.512 e. The van der Waals surface area contributed by atoms with Gasteiger partial charge in [-0.15, -0.1) is 0 Å². The molecule has 1 saturated heterocycles. The van der Waals surface area contributed by atoms with Crippen LogP contribution in [0.15, 0.2) is 41.3 Å².